The van der Waals surface area contributed by atoms with Gasteiger partial charge in [0.15, 0.2) is 0 Å². The van der Waals surface area contributed by atoms with E-state index in [-0.39, 0.29) is 6.42 Å². The van der Waals surface area contributed by atoms with Gasteiger partial charge >= 0.3 is 5.97 Å². The van der Waals surface area contributed by atoms with Crippen LogP contribution in [-0.4, -0.2) is 29.8 Å². The smallest absolute Gasteiger partial charge is 0.307 e. The molecule has 0 spiro atoms. The third kappa shape index (κ3) is 2.70. The number of hydrogen-bond donors (Lipinski definition) is 2. The lowest BCUT2D eigenvalue weighted by atomic mass is 9.92. The van der Waals surface area contributed by atoms with Crippen molar-refractivity contribution in [2.24, 2.45) is 0 Å². The average molecular weight is 256 g/mol. The molecule has 1 heterocycles. The number of carbonyl (C=O) groups is 1. The molecule has 0 bridgehead atoms. The minimum atomic E-state index is -0.865. The van der Waals surface area contributed by atoms with E-state index in [9.17, 15) is 4.79 Å². The van der Waals surface area contributed by atoms with Gasteiger partial charge in [0, 0.05) is 13.1 Å². The first-order valence-electron chi connectivity index (χ1n) is 5.38. The van der Waals surface area contributed by atoms with E-state index in [1.807, 2.05) is 19.1 Å². The van der Waals surface area contributed by atoms with Gasteiger partial charge < -0.3 is 15.2 Å². The van der Waals surface area contributed by atoms with E-state index in [0.717, 1.165) is 5.56 Å². The number of hydrogen-bond acceptors (Lipinski definition) is 3. The van der Waals surface area contributed by atoms with Crippen LogP contribution in [0.3, 0.4) is 0 Å². The zero-order valence-corrected chi connectivity index (χ0v) is 10.3. The summed E-state index contributed by atoms with van der Waals surface area (Å²) in [5, 5.41) is 12.4. The molecule has 0 aromatic heterocycles. The SMILES string of the molecule is Cc1ccc(Cl)c(OC2(CC(=O)O)CNC2)c1. The minimum Gasteiger partial charge on any atom is -0.482 e. The molecular formula is C12H14ClNO3. The molecule has 0 radical (unpaired) electrons. The van der Waals surface area contributed by atoms with Crippen LogP contribution >= 0.6 is 11.6 Å². The van der Waals surface area contributed by atoms with Crippen LogP contribution in [-0.2, 0) is 4.79 Å². The normalized spacial score (nSPS) is 17.3. The molecule has 1 aliphatic heterocycles. The van der Waals surface area contributed by atoms with Crippen molar-refractivity contribution in [2.75, 3.05) is 13.1 Å². The summed E-state index contributed by atoms with van der Waals surface area (Å²) in [6.45, 7) is 3.00. The Labute approximate surface area is 105 Å². The van der Waals surface area contributed by atoms with E-state index in [2.05, 4.69) is 5.32 Å². The summed E-state index contributed by atoms with van der Waals surface area (Å²) in [6, 6.07) is 5.47. The van der Waals surface area contributed by atoms with Crippen molar-refractivity contribution in [2.45, 2.75) is 18.9 Å². The summed E-state index contributed by atoms with van der Waals surface area (Å²) in [4.78, 5) is 10.8. The molecule has 1 saturated heterocycles. The second kappa shape index (κ2) is 4.55. The highest BCUT2D eigenvalue weighted by Gasteiger charge is 2.42. The molecule has 0 saturated carbocycles. The topological polar surface area (TPSA) is 58.6 Å². The Morgan fingerprint density at radius 2 is 2.29 bits per heavy atom. The zero-order chi connectivity index (χ0) is 12.5. The Bertz CT molecular complexity index is 443. The van der Waals surface area contributed by atoms with Crippen LogP contribution < -0.4 is 10.1 Å². The number of benzene rings is 1. The summed E-state index contributed by atoms with van der Waals surface area (Å²) < 4.78 is 5.79. The molecule has 17 heavy (non-hydrogen) atoms. The van der Waals surface area contributed by atoms with E-state index in [4.69, 9.17) is 21.4 Å². The van der Waals surface area contributed by atoms with Gasteiger partial charge in [0.2, 0.25) is 0 Å². The van der Waals surface area contributed by atoms with Gasteiger partial charge in [-0.1, -0.05) is 17.7 Å². The van der Waals surface area contributed by atoms with Crippen molar-refractivity contribution in [3.05, 3.63) is 28.8 Å². The maximum atomic E-state index is 10.8. The Balaban J connectivity index is 2.18. The molecule has 1 fully saturated rings. The van der Waals surface area contributed by atoms with Crippen molar-refractivity contribution in [1.29, 1.82) is 0 Å². The standard InChI is InChI=1S/C12H14ClNO3/c1-8-2-3-9(13)10(4-8)17-12(5-11(15)16)6-14-7-12/h2-4,14H,5-7H2,1H3,(H,15,16). The van der Waals surface area contributed by atoms with E-state index in [1.54, 1.807) is 6.07 Å². The number of carboxylic acid groups (broad SMARTS) is 1. The summed E-state index contributed by atoms with van der Waals surface area (Å²) in [7, 11) is 0. The van der Waals surface area contributed by atoms with Gasteiger partial charge in [-0.05, 0) is 24.6 Å². The molecule has 2 N–H and O–H groups in total. The molecule has 1 aromatic carbocycles. The number of aliphatic carboxylic acids is 1. The van der Waals surface area contributed by atoms with Gasteiger partial charge in [-0.2, -0.15) is 0 Å². The first kappa shape index (κ1) is 12.2. The van der Waals surface area contributed by atoms with Gasteiger partial charge in [0.1, 0.15) is 11.4 Å². The minimum absolute atomic E-state index is 0.0235. The number of halogens is 1. The fourth-order valence-electron chi connectivity index (χ4n) is 1.83. The third-order valence-corrected chi connectivity index (χ3v) is 3.09. The first-order chi connectivity index (χ1) is 8.01. The molecule has 92 valence electrons. The fraction of sp³-hybridized carbons (Fsp3) is 0.417. The van der Waals surface area contributed by atoms with Crippen LogP contribution in [0.2, 0.25) is 5.02 Å². The maximum Gasteiger partial charge on any atom is 0.307 e. The van der Waals surface area contributed by atoms with Gasteiger partial charge in [-0.25, -0.2) is 0 Å². The second-order valence-corrected chi connectivity index (χ2v) is 4.80. The van der Waals surface area contributed by atoms with Crippen LogP contribution in [0.25, 0.3) is 0 Å². The van der Waals surface area contributed by atoms with E-state index < -0.39 is 11.6 Å². The average Bonchev–Trinajstić information content (AvgIpc) is 2.19. The Morgan fingerprint density at radius 3 is 2.82 bits per heavy atom. The number of carboxylic acids is 1. The first-order valence-corrected chi connectivity index (χ1v) is 5.76. The van der Waals surface area contributed by atoms with Gasteiger partial charge in [-0.15, -0.1) is 0 Å². The largest absolute Gasteiger partial charge is 0.482 e. The predicted molar refractivity (Wildman–Crippen MR) is 64.7 cm³/mol. The summed E-state index contributed by atoms with van der Waals surface area (Å²) >= 11 is 6.03. The highest BCUT2D eigenvalue weighted by atomic mass is 35.5. The van der Waals surface area contributed by atoms with Gasteiger partial charge in [0.25, 0.3) is 0 Å². The molecule has 5 heteroatoms. The molecule has 1 aliphatic rings. The Morgan fingerprint density at radius 1 is 1.59 bits per heavy atom. The fourth-order valence-corrected chi connectivity index (χ4v) is 1.99. The molecular weight excluding hydrogens is 242 g/mol. The molecule has 0 atom stereocenters. The Kier molecular flexibility index (Phi) is 3.26. The summed E-state index contributed by atoms with van der Waals surface area (Å²) in [5.74, 6) is -0.315. The van der Waals surface area contributed by atoms with E-state index in [1.165, 1.54) is 0 Å². The maximum absolute atomic E-state index is 10.8. The van der Waals surface area contributed by atoms with Crippen molar-refractivity contribution >= 4 is 17.6 Å². The lowest BCUT2D eigenvalue weighted by Crippen LogP contribution is -2.64. The van der Waals surface area contributed by atoms with Crippen molar-refractivity contribution in [1.82, 2.24) is 5.32 Å². The van der Waals surface area contributed by atoms with Crippen LogP contribution in [0, 0.1) is 6.92 Å². The lowest BCUT2D eigenvalue weighted by molar-refractivity contribution is -0.143. The van der Waals surface area contributed by atoms with Crippen LogP contribution in [0.5, 0.6) is 5.75 Å². The molecule has 1 aromatic rings. The third-order valence-electron chi connectivity index (χ3n) is 2.78. The molecule has 0 aliphatic carbocycles. The van der Waals surface area contributed by atoms with Crippen molar-refractivity contribution in [3.8, 4) is 5.75 Å². The quantitative estimate of drug-likeness (QED) is 0.862. The van der Waals surface area contributed by atoms with Gasteiger partial charge in [0.05, 0.1) is 11.4 Å². The number of rotatable bonds is 4. The molecule has 4 nitrogen and oxygen atoms in total. The van der Waals surface area contributed by atoms with Crippen molar-refractivity contribution < 1.29 is 14.6 Å². The van der Waals surface area contributed by atoms with Gasteiger partial charge in [-0.3, -0.25) is 4.79 Å². The number of nitrogens with one attached hydrogen (secondary N) is 1. The zero-order valence-electron chi connectivity index (χ0n) is 9.50. The van der Waals surface area contributed by atoms with Crippen LogP contribution in [0.4, 0.5) is 0 Å². The molecule has 0 unspecified atom stereocenters. The van der Waals surface area contributed by atoms with Crippen molar-refractivity contribution in [3.63, 3.8) is 0 Å². The Hall–Kier alpha value is -1.26. The van der Waals surface area contributed by atoms with Crippen LogP contribution in [0.15, 0.2) is 18.2 Å². The monoisotopic (exact) mass is 255 g/mol. The second-order valence-electron chi connectivity index (χ2n) is 4.39. The van der Waals surface area contributed by atoms with Crippen LogP contribution in [0.1, 0.15) is 12.0 Å². The van der Waals surface area contributed by atoms with E-state index in [0.29, 0.717) is 23.9 Å². The highest BCUT2D eigenvalue weighted by Crippen LogP contribution is 2.31. The number of aryl methyl sites for hydroxylation is 1. The summed E-state index contributed by atoms with van der Waals surface area (Å²) in [5.41, 5.74) is 0.366. The predicted octanol–water partition coefficient (Wildman–Crippen LogP) is 1.84. The molecule has 2 rings (SSSR count). The summed E-state index contributed by atoms with van der Waals surface area (Å²) in [6.07, 6.45) is -0.0235. The van der Waals surface area contributed by atoms with E-state index >= 15 is 0 Å². The lowest BCUT2D eigenvalue weighted by Gasteiger charge is -2.41. The molecule has 0 amide bonds. The number of ether oxygens (including phenoxy) is 1. The highest BCUT2D eigenvalue weighted by molar-refractivity contribution is 6.32.